The molecular formula is C14H19ClN4O2S. The summed E-state index contributed by atoms with van der Waals surface area (Å²) < 4.78 is 28.5. The zero-order valence-electron chi connectivity index (χ0n) is 12.7. The average molecular weight is 343 g/mol. The first kappa shape index (κ1) is 16.8. The van der Waals surface area contributed by atoms with E-state index in [9.17, 15) is 8.42 Å². The molecule has 22 heavy (non-hydrogen) atoms. The predicted octanol–water partition coefficient (Wildman–Crippen LogP) is 1.88. The lowest BCUT2D eigenvalue weighted by Crippen LogP contribution is -2.40. The Morgan fingerprint density at radius 2 is 2.00 bits per heavy atom. The second kappa shape index (κ2) is 6.68. The molecule has 8 heteroatoms. The van der Waals surface area contributed by atoms with Crippen LogP contribution in [0.1, 0.15) is 6.92 Å². The van der Waals surface area contributed by atoms with Crippen LogP contribution >= 0.6 is 11.6 Å². The molecule has 1 aromatic heterocycles. The molecule has 0 saturated heterocycles. The van der Waals surface area contributed by atoms with Gasteiger partial charge in [0.05, 0.1) is 6.33 Å². The van der Waals surface area contributed by atoms with Crippen LogP contribution in [0.15, 0.2) is 41.7 Å². The van der Waals surface area contributed by atoms with E-state index < -0.39 is 10.0 Å². The van der Waals surface area contributed by atoms with E-state index in [2.05, 4.69) is 9.71 Å². The fourth-order valence-corrected chi connectivity index (χ4v) is 3.47. The van der Waals surface area contributed by atoms with E-state index in [1.165, 1.54) is 10.9 Å². The van der Waals surface area contributed by atoms with Gasteiger partial charge >= 0.3 is 0 Å². The zero-order valence-corrected chi connectivity index (χ0v) is 14.3. The molecule has 0 fully saturated rings. The Morgan fingerprint density at radius 1 is 1.36 bits per heavy atom. The molecule has 120 valence electrons. The third kappa shape index (κ3) is 3.60. The minimum Gasteiger partial charge on any atom is -0.371 e. The highest BCUT2D eigenvalue weighted by molar-refractivity contribution is 7.89. The SMILES string of the molecule is C[C@H](CNS(=O)(=O)c1ncn(C)c1Cl)N(C)c1ccccc1. The number of benzene rings is 1. The van der Waals surface area contributed by atoms with Crippen molar-refractivity contribution < 1.29 is 8.42 Å². The minimum atomic E-state index is -3.72. The highest BCUT2D eigenvalue weighted by atomic mass is 35.5. The number of aryl methyl sites for hydroxylation is 1. The number of aromatic nitrogens is 2. The number of imidazole rings is 1. The lowest BCUT2D eigenvalue weighted by Gasteiger charge is -2.27. The van der Waals surface area contributed by atoms with Crippen LogP contribution in [0.5, 0.6) is 0 Å². The molecule has 0 spiro atoms. The molecule has 0 aliphatic carbocycles. The standard InChI is InChI=1S/C14H19ClN4O2S/c1-11(19(3)12-7-5-4-6-8-12)9-17-22(20,21)14-13(15)18(2)10-16-14/h4-8,10-11,17H,9H2,1-3H3/t11-/m1/s1. The van der Waals surface area contributed by atoms with Gasteiger partial charge in [0.1, 0.15) is 5.15 Å². The number of likely N-dealkylation sites (N-methyl/N-ethyl adjacent to an activating group) is 1. The van der Waals surface area contributed by atoms with Crippen molar-refractivity contribution in [1.29, 1.82) is 0 Å². The molecule has 6 nitrogen and oxygen atoms in total. The number of halogens is 1. The minimum absolute atomic E-state index is 0.0281. The Hall–Kier alpha value is -1.57. The van der Waals surface area contributed by atoms with Gasteiger partial charge in [-0.2, -0.15) is 0 Å². The maximum absolute atomic E-state index is 12.2. The van der Waals surface area contributed by atoms with Crippen molar-refractivity contribution in [2.24, 2.45) is 7.05 Å². The van der Waals surface area contributed by atoms with Gasteiger partial charge in [0, 0.05) is 32.4 Å². The lowest BCUT2D eigenvalue weighted by molar-refractivity contribution is 0.567. The monoisotopic (exact) mass is 342 g/mol. The number of hydrogen-bond donors (Lipinski definition) is 1. The first-order valence-electron chi connectivity index (χ1n) is 6.77. The van der Waals surface area contributed by atoms with Crippen LogP contribution in [-0.2, 0) is 17.1 Å². The van der Waals surface area contributed by atoms with Gasteiger partial charge < -0.3 is 9.47 Å². The van der Waals surface area contributed by atoms with Gasteiger partial charge in [-0.15, -0.1) is 0 Å². The lowest BCUT2D eigenvalue weighted by atomic mass is 10.2. The number of rotatable bonds is 6. The summed E-state index contributed by atoms with van der Waals surface area (Å²) >= 11 is 5.94. The van der Waals surface area contributed by atoms with E-state index in [0.717, 1.165) is 5.69 Å². The summed E-state index contributed by atoms with van der Waals surface area (Å²) in [7, 11) is -0.164. The van der Waals surface area contributed by atoms with Crippen LogP contribution < -0.4 is 9.62 Å². The summed E-state index contributed by atoms with van der Waals surface area (Å²) in [4.78, 5) is 5.84. The Bertz CT molecular complexity index is 731. The third-order valence-corrected chi connectivity index (χ3v) is 5.39. The number of hydrogen-bond acceptors (Lipinski definition) is 4. The topological polar surface area (TPSA) is 67.2 Å². The maximum Gasteiger partial charge on any atom is 0.261 e. The smallest absolute Gasteiger partial charge is 0.261 e. The zero-order chi connectivity index (χ0) is 16.3. The van der Waals surface area contributed by atoms with E-state index in [0.29, 0.717) is 0 Å². The van der Waals surface area contributed by atoms with Gasteiger partial charge in [-0.1, -0.05) is 29.8 Å². The summed E-state index contributed by atoms with van der Waals surface area (Å²) in [6.07, 6.45) is 1.37. The summed E-state index contributed by atoms with van der Waals surface area (Å²) in [5.74, 6) is 0. The van der Waals surface area contributed by atoms with Gasteiger partial charge in [-0.05, 0) is 19.1 Å². The molecule has 1 atom stereocenters. The van der Waals surface area contributed by atoms with Gasteiger partial charge in [-0.25, -0.2) is 18.1 Å². The van der Waals surface area contributed by atoms with E-state index in [1.54, 1.807) is 7.05 Å². The van der Waals surface area contributed by atoms with Crippen LogP contribution in [0.4, 0.5) is 5.69 Å². The molecule has 1 heterocycles. The summed E-state index contributed by atoms with van der Waals surface area (Å²) in [6, 6.07) is 9.74. The summed E-state index contributed by atoms with van der Waals surface area (Å²) in [6.45, 7) is 2.19. The van der Waals surface area contributed by atoms with Crippen LogP contribution in [-0.4, -0.2) is 37.6 Å². The summed E-state index contributed by atoms with van der Waals surface area (Å²) in [5.41, 5.74) is 1.02. The first-order chi connectivity index (χ1) is 10.3. The van der Waals surface area contributed by atoms with Crippen LogP contribution in [0.3, 0.4) is 0 Å². The van der Waals surface area contributed by atoms with Crippen molar-refractivity contribution in [2.45, 2.75) is 18.0 Å². The van der Waals surface area contributed by atoms with Gasteiger partial charge in [0.25, 0.3) is 10.0 Å². The molecule has 0 saturated carbocycles. The van der Waals surface area contributed by atoms with Crippen molar-refractivity contribution in [3.63, 3.8) is 0 Å². The molecule has 0 unspecified atom stereocenters. The average Bonchev–Trinajstić information content (AvgIpc) is 2.85. The summed E-state index contributed by atoms with van der Waals surface area (Å²) in [5, 5.41) is -0.0530. The van der Waals surface area contributed by atoms with Crippen molar-refractivity contribution in [3.8, 4) is 0 Å². The molecule has 0 aliphatic rings. The number of nitrogens with one attached hydrogen (secondary N) is 1. The van der Waals surface area contributed by atoms with E-state index in [1.807, 2.05) is 49.2 Å². The molecule has 0 bridgehead atoms. The number of anilines is 1. The molecule has 2 aromatic rings. The fourth-order valence-electron chi connectivity index (χ4n) is 1.93. The van der Waals surface area contributed by atoms with Crippen molar-refractivity contribution in [2.75, 3.05) is 18.5 Å². The second-order valence-electron chi connectivity index (χ2n) is 5.10. The Labute approximate surface area is 135 Å². The first-order valence-corrected chi connectivity index (χ1v) is 8.63. The van der Waals surface area contributed by atoms with Gasteiger partial charge in [0.2, 0.25) is 5.03 Å². The van der Waals surface area contributed by atoms with Crippen molar-refractivity contribution in [1.82, 2.24) is 14.3 Å². The highest BCUT2D eigenvalue weighted by Crippen LogP contribution is 2.19. The maximum atomic E-state index is 12.2. The van der Waals surface area contributed by atoms with Crippen LogP contribution in [0, 0.1) is 0 Å². The molecule has 1 N–H and O–H groups in total. The number of nitrogens with zero attached hydrogens (tertiary/aromatic N) is 3. The Morgan fingerprint density at radius 3 is 2.55 bits per heavy atom. The number of sulfonamides is 1. The molecule has 0 amide bonds. The molecule has 2 rings (SSSR count). The molecule has 1 aromatic carbocycles. The number of para-hydroxylation sites is 1. The largest absolute Gasteiger partial charge is 0.371 e. The molecular weight excluding hydrogens is 324 g/mol. The quantitative estimate of drug-likeness (QED) is 0.870. The normalized spacial score (nSPS) is 13.1. The van der Waals surface area contributed by atoms with Crippen molar-refractivity contribution >= 4 is 27.3 Å². The van der Waals surface area contributed by atoms with Crippen molar-refractivity contribution in [3.05, 3.63) is 41.8 Å². The van der Waals surface area contributed by atoms with E-state index >= 15 is 0 Å². The van der Waals surface area contributed by atoms with E-state index in [-0.39, 0.29) is 22.8 Å². The van der Waals surface area contributed by atoms with Crippen LogP contribution in [0.2, 0.25) is 5.15 Å². The van der Waals surface area contributed by atoms with Gasteiger partial charge in [0.15, 0.2) is 0 Å². The van der Waals surface area contributed by atoms with Crippen LogP contribution in [0.25, 0.3) is 0 Å². The Balaban J connectivity index is 2.04. The Kier molecular flexibility index (Phi) is 5.10. The second-order valence-corrected chi connectivity index (χ2v) is 7.14. The van der Waals surface area contributed by atoms with E-state index in [4.69, 9.17) is 11.6 Å². The molecule has 0 radical (unpaired) electrons. The highest BCUT2D eigenvalue weighted by Gasteiger charge is 2.23. The predicted molar refractivity (Wildman–Crippen MR) is 87.7 cm³/mol. The fraction of sp³-hybridized carbons (Fsp3) is 0.357. The molecule has 0 aliphatic heterocycles. The third-order valence-electron chi connectivity index (χ3n) is 3.48. The van der Waals surface area contributed by atoms with Gasteiger partial charge in [-0.3, -0.25) is 0 Å².